The molecule has 0 radical (unpaired) electrons. The Bertz CT molecular complexity index is 977. The Morgan fingerprint density at radius 1 is 0.938 bits per heavy atom. The topological polar surface area (TPSA) is 0 Å². The van der Waals surface area contributed by atoms with Crippen molar-refractivity contribution < 1.29 is 0 Å². The van der Waals surface area contributed by atoms with Crippen molar-refractivity contribution in [2.45, 2.75) is 89.9 Å². The Morgan fingerprint density at radius 3 is 2.53 bits per heavy atom. The quantitative estimate of drug-likeness (QED) is 0.405. The van der Waals surface area contributed by atoms with Crippen molar-refractivity contribution in [3.63, 3.8) is 0 Å². The van der Waals surface area contributed by atoms with E-state index in [1.54, 1.807) is 11.1 Å². The van der Waals surface area contributed by atoms with Crippen molar-refractivity contribution in [2.24, 2.45) is 11.8 Å². The van der Waals surface area contributed by atoms with E-state index in [0.717, 1.165) is 30.6 Å². The Balaban J connectivity index is 1.42. The van der Waals surface area contributed by atoms with Crippen molar-refractivity contribution in [3.8, 4) is 11.1 Å². The average Bonchev–Trinajstić information content (AvgIpc) is 3.33. The largest absolute Gasteiger partial charge is 0.0996 e. The van der Waals surface area contributed by atoms with E-state index >= 15 is 0 Å². The second-order valence-electron chi connectivity index (χ2n) is 10.7. The summed E-state index contributed by atoms with van der Waals surface area (Å²) >= 11 is 0. The molecule has 2 fully saturated rings. The van der Waals surface area contributed by atoms with Crippen LogP contribution in [0.3, 0.4) is 0 Å². The van der Waals surface area contributed by atoms with Gasteiger partial charge in [0.1, 0.15) is 0 Å². The molecule has 3 aliphatic rings. The van der Waals surface area contributed by atoms with E-state index in [9.17, 15) is 0 Å². The lowest BCUT2D eigenvalue weighted by Gasteiger charge is -2.30. The molecule has 0 bridgehead atoms. The maximum absolute atomic E-state index is 4.34. The molecule has 0 heterocycles. The normalized spacial score (nSPS) is 23.3. The predicted molar refractivity (Wildman–Crippen MR) is 139 cm³/mol. The molecule has 2 aromatic rings. The van der Waals surface area contributed by atoms with Gasteiger partial charge in [-0.3, -0.25) is 0 Å². The summed E-state index contributed by atoms with van der Waals surface area (Å²) < 4.78 is 0. The minimum Gasteiger partial charge on any atom is -0.0996 e. The van der Waals surface area contributed by atoms with Crippen LogP contribution in [0.2, 0.25) is 0 Å². The zero-order valence-electron chi connectivity index (χ0n) is 20.0. The van der Waals surface area contributed by atoms with E-state index in [2.05, 4.69) is 62.1 Å². The summed E-state index contributed by atoms with van der Waals surface area (Å²) in [6.07, 6.45) is 20.6. The first-order chi connectivity index (χ1) is 15.7. The van der Waals surface area contributed by atoms with Crippen molar-refractivity contribution in [1.29, 1.82) is 0 Å². The standard InChI is InChI=1S/C32H40/c1-3-23(2)26-17-15-24(16-18-26)19-25-20-29(27-9-5-4-6-10-27)22-30(21-25)32-14-8-12-28-11-7-13-31(28)32/h7-8,12-14,20-22,24,26-27H,2-6,9-11,15-19H2,1H3. The van der Waals surface area contributed by atoms with Crippen LogP contribution in [0.15, 0.2) is 54.6 Å². The number of hydrogen-bond donors (Lipinski definition) is 0. The van der Waals surface area contributed by atoms with Crippen LogP contribution in [0.4, 0.5) is 0 Å². The molecule has 3 aliphatic carbocycles. The van der Waals surface area contributed by atoms with Gasteiger partial charge in [0.05, 0.1) is 0 Å². The molecular formula is C32H40. The maximum atomic E-state index is 4.34. The fourth-order valence-corrected chi connectivity index (χ4v) is 6.60. The lowest BCUT2D eigenvalue weighted by atomic mass is 9.75. The molecule has 2 aromatic carbocycles. The van der Waals surface area contributed by atoms with Crippen LogP contribution in [0.5, 0.6) is 0 Å². The first-order valence-corrected chi connectivity index (χ1v) is 13.3. The molecule has 5 rings (SSSR count). The number of fused-ring (bicyclic) bond motifs is 1. The molecule has 0 unspecified atom stereocenters. The van der Waals surface area contributed by atoms with E-state index in [-0.39, 0.29) is 0 Å². The van der Waals surface area contributed by atoms with Gasteiger partial charge >= 0.3 is 0 Å². The summed E-state index contributed by atoms with van der Waals surface area (Å²) in [6, 6.07) is 14.6. The Labute approximate surface area is 195 Å². The molecule has 0 spiro atoms. The summed E-state index contributed by atoms with van der Waals surface area (Å²) in [7, 11) is 0. The average molecular weight is 425 g/mol. The van der Waals surface area contributed by atoms with Gasteiger partial charge in [-0.25, -0.2) is 0 Å². The Kier molecular flexibility index (Phi) is 6.67. The van der Waals surface area contributed by atoms with Crippen LogP contribution in [0.25, 0.3) is 17.2 Å². The van der Waals surface area contributed by atoms with Crippen molar-refractivity contribution in [2.75, 3.05) is 0 Å². The number of hydrogen-bond acceptors (Lipinski definition) is 0. The molecule has 0 heteroatoms. The van der Waals surface area contributed by atoms with Gasteiger partial charge in [-0.2, -0.15) is 0 Å². The summed E-state index contributed by atoms with van der Waals surface area (Å²) in [4.78, 5) is 0. The van der Waals surface area contributed by atoms with Crippen molar-refractivity contribution in [1.82, 2.24) is 0 Å². The van der Waals surface area contributed by atoms with Crippen LogP contribution >= 0.6 is 0 Å². The minimum absolute atomic E-state index is 0.762. The summed E-state index contributed by atoms with van der Waals surface area (Å²) in [5, 5.41) is 0. The molecule has 0 amide bonds. The highest BCUT2D eigenvalue weighted by Crippen LogP contribution is 2.40. The molecule has 0 saturated heterocycles. The zero-order valence-corrected chi connectivity index (χ0v) is 20.0. The van der Waals surface area contributed by atoms with Crippen LogP contribution in [-0.4, -0.2) is 0 Å². The van der Waals surface area contributed by atoms with E-state index in [1.807, 2.05) is 0 Å². The van der Waals surface area contributed by atoms with Crippen molar-refractivity contribution in [3.05, 3.63) is 76.9 Å². The van der Waals surface area contributed by atoms with E-state index in [0.29, 0.717) is 0 Å². The molecule has 32 heavy (non-hydrogen) atoms. The number of rotatable bonds is 6. The number of benzene rings is 2. The Hall–Kier alpha value is -2.08. The summed E-state index contributed by atoms with van der Waals surface area (Å²) in [5.41, 5.74) is 10.5. The van der Waals surface area contributed by atoms with Gasteiger partial charge in [0, 0.05) is 0 Å². The van der Waals surface area contributed by atoms with Crippen molar-refractivity contribution >= 4 is 6.08 Å². The third-order valence-electron chi connectivity index (χ3n) is 8.62. The molecule has 0 nitrogen and oxygen atoms in total. The smallest absolute Gasteiger partial charge is 0.00879 e. The van der Waals surface area contributed by atoms with E-state index in [4.69, 9.17) is 0 Å². The van der Waals surface area contributed by atoms with E-state index < -0.39 is 0 Å². The van der Waals surface area contributed by atoms with Gasteiger partial charge in [-0.05, 0) is 109 Å². The SMILES string of the molecule is C=C(CC)C1CCC(Cc2cc(-c3cccc4c3C=CC4)cc(C3CCCCC3)c2)CC1. The molecule has 168 valence electrons. The van der Waals surface area contributed by atoms with Crippen LogP contribution in [0, 0.1) is 11.8 Å². The fourth-order valence-electron chi connectivity index (χ4n) is 6.60. The van der Waals surface area contributed by atoms with Gasteiger partial charge < -0.3 is 0 Å². The lowest BCUT2D eigenvalue weighted by Crippen LogP contribution is -2.17. The lowest BCUT2D eigenvalue weighted by molar-refractivity contribution is 0.297. The predicted octanol–water partition coefficient (Wildman–Crippen LogP) is 9.29. The zero-order chi connectivity index (χ0) is 21.9. The summed E-state index contributed by atoms with van der Waals surface area (Å²) in [5.74, 6) is 2.38. The fraction of sp³-hybridized carbons (Fsp3) is 0.500. The molecule has 2 saturated carbocycles. The Morgan fingerprint density at radius 2 is 1.75 bits per heavy atom. The van der Waals surface area contributed by atoms with Gasteiger partial charge in [0.25, 0.3) is 0 Å². The number of allylic oxidation sites excluding steroid dienone is 2. The first-order valence-electron chi connectivity index (χ1n) is 13.3. The monoisotopic (exact) mass is 424 g/mol. The van der Waals surface area contributed by atoms with Gasteiger partial charge in [0.15, 0.2) is 0 Å². The summed E-state index contributed by atoms with van der Waals surface area (Å²) in [6.45, 7) is 6.60. The van der Waals surface area contributed by atoms with E-state index in [1.165, 1.54) is 92.0 Å². The second-order valence-corrected chi connectivity index (χ2v) is 10.7. The minimum atomic E-state index is 0.762. The highest BCUT2D eigenvalue weighted by Gasteiger charge is 2.24. The third-order valence-corrected chi connectivity index (χ3v) is 8.62. The maximum Gasteiger partial charge on any atom is -0.00879 e. The molecule has 0 aromatic heterocycles. The molecular weight excluding hydrogens is 384 g/mol. The van der Waals surface area contributed by atoms with Crippen LogP contribution < -0.4 is 0 Å². The molecule has 0 aliphatic heterocycles. The third kappa shape index (κ3) is 4.66. The molecule has 0 atom stereocenters. The van der Waals surface area contributed by atoms with Gasteiger partial charge in [-0.1, -0.05) is 86.9 Å². The van der Waals surface area contributed by atoms with Crippen LogP contribution in [-0.2, 0) is 12.8 Å². The highest BCUT2D eigenvalue weighted by molar-refractivity contribution is 5.80. The van der Waals surface area contributed by atoms with Crippen LogP contribution in [0.1, 0.15) is 99.3 Å². The highest BCUT2D eigenvalue weighted by atomic mass is 14.3. The van der Waals surface area contributed by atoms with Gasteiger partial charge in [0.2, 0.25) is 0 Å². The molecule has 0 N–H and O–H groups in total. The second kappa shape index (κ2) is 9.82. The first kappa shape index (κ1) is 21.7. The van der Waals surface area contributed by atoms with Gasteiger partial charge in [-0.15, -0.1) is 0 Å².